The predicted octanol–water partition coefficient (Wildman–Crippen LogP) is 2.50. The van der Waals surface area contributed by atoms with E-state index in [0.29, 0.717) is 11.5 Å². The van der Waals surface area contributed by atoms with E-state index < -0.39 is 4.92 Å². The molecular weight excluding hydrogens is 292 g/mol. The van der Waals surface area contributed by atoms with E-state index in [2.05, 4.69) is 15.3 Å². The van der Waals surface area contributed by atoms with Crippen LogP contribution < -0.4 is 5.32 Å². The van der Waals surface area contributed by atoms with Gasteiger partial charge in [0.15, 0.2) is 0 Å². The average Bonchev–Trinajstić information content (AvgIpc) is 2.85. The standard InChI is InChI=1S/C13H14N4O3S/c1-3-13-15-9(7-21-13)6-12(18)16-11-5-4-10(17(19)20)8(2)14-11/h4-5,7H,3,6H2,1-2H3,(H,14,16,18). The van der Waals surface area contributed by atoms with Crippen LogP contribution in [0.3, 0.4) is 0 Å². The maximum atomic E-state index is 11.9. The van der Waals surface area contributed by atoms with Crippen LogP contribution in [0.2, 0.25) is 0 Å². The van der Waals surface area contributed by atoms with Gasteiger partial charge in [-0.2, -0.15) is 0 Å². The zero-order chi connectivity index (χ0) is 15.4. The van der Waals surface area contributed by atoms with E-state index in [9.17, 15) is 14.9 Å². The Hall–Kier alpha value is -2.35. The smallest absolute Gasteiger partial charge is 0.290 e. The van der Waals surface area contributed by atoms with Gasteiger partial charge in [-0.3, -0.25) is 14.9 Å². The predicted molar refractivity (Wildman–Crippen MR) is 79.5 cm³/mol. The van der Waals surface area contributed by atoms with E-state index in [1.807, 2.05) is 12.3 Å². The second kappa shape index (κ2) is 6.40. The minimum atomic E-state index is -0.504. The summed E-state index contributed by atoms with van der Waals surface area (Å²) < 4.78 is 0. The second-order valence-corrected chi connectivity index (χ2v) is 5.31. The van der Waals surface area contributed by atoms with Gasteiger partial charge in [0, 0.05) is 11.4 Å². The number of nitrogens with zero attached hydrogens (tertiary/aromatic N) is 3. The van der Waals surface area contributed by atoms with Crippen molar-refractivity contribution >= 4 is 28.7 Å². The summed E-state index contributed by atoms with van der Waals surface area (Å²) in [6.07, 6.45) is 1.00. The van der Waals surface area contributed by atoms with Gasteiger partial charge in [0.25, 0.3) is 5.69 Å². The van der Waals surface area contributed by atoms with Gasteiger partial charge in [0.1, 0.15) is 11.5 Å². The molecule has 0 bridgehead atoms. The highest BCUT2D eigenvalue weighted by atomic mass is 32.1. The first kappa shape index (κ1) is 15.0. The van der Waals surface area contributed by atoms with E-state index in [4.69, 9.17) is 0 Å². The molecule has 0 radical (unpaired) electrons. The molecule has 0 unspecified atom stereocenters. The number of pyridine rings is 1. The largest absolute Gasteiger partial charge is 0.310 e. The molecule has 0 fully saturated rings. The molecule has 0 atom stereocenters. The van der Waals surface area contributed by atoms with Gasteiger partial charge >= 0.3 is 0 Å². The van der Waals surface area contributed by atoms with E-state index >= 15 is 0 Å². The first-order valence-corrected chi connectivity index (χ1v) is 7.22. The van der Waals surface area contributed by atoms with E-state index in [-0.39, 0.29) is 23.7 Å². The summed E-state index contributed by atoms with van der Waals surface area (Å²) in [4.78, 5) is 30.4. The Morgan fingerprint density at radius 2 is 2.19 bits per heavy atom. The number of hydrogen-bond donors (Lipinski definition) is 1. The van der Waals surface area contributed by atoms with Crippen molar-refractivity contribution in [2.45, 2.75) is 26.7 Å². The number of thiazole rings is 1. The van der Waals surface area contributed by atoms with Gasteiger partial charge < -0.3 is 5.32 Å². The highest BCUT2D eigenvalue weighted by Gasteiger charge is 2.13. The van der Waals surface area contributed by atoms with E-state index in [1.54, 1.807) is 0 Å². The monoisotopic (exact) mass is 306 g/mol. The Balaban J connectivity index is 2.02. The van der Waals surface area contributed by atoms with Gasteiger partial charge in [0.05, 0.1) is 22.0 Å². The number of carbonyl (C=O) groups is 1. The third-order valence-corrected chi connectivity index (χ3v) is 3.81. The van der Waals surface area contributed by atoms with Crippen molar-refractivity contribution in [2.75, 3.05) is 5.32 Å². The Morgan fingerprint density at radius 1 is 1.43 bits per heavy atom. The van der Waals surface area contributed by atoms with Crippen molar-refractivity contribution in [1.29, 1.82) is 0 Å². The van der Waals surface area contributed by atoms with Crippen LogP contribution in [0.25, 0.3) is 0 Å². The molecule has 0 aromatic carbocycles. The number of aryl methyl sites for hydroxylation is 2. The highest BCUT2D eigenvalue weighted by Crippen LogP contribution is 2.18. The maximum Gasteiger partial charge on any atom is 0.290 e. The fourth-order valence-electron chi connectivity index (χ4n) is 1.76. The van der Waals surface area contributed by atoms with Crippen LogP contribution in [0.5, 0.6) is 0 Å². The maximum absolute atomic E-state index is 11.9. The summed E-state index contributed by atoms with van der Waals surface area (Å²) in [6.45, 7) is 3.54. The molecule has 8 heteroatoms. The summed E-state index contributed by atoms with van der Waals surface area (Å²) in [5.74, 6) is 0.0535. The molecule has 0 aliphatic carbocycles. The first-order valence-electron chi connectivity index (χ1n) is 6.34. The summed E-state index contributed by atoms with van der Waals surface area (Å²) in [7, 11) is 0. The third-order valence-electron chi connectivity index (χ3n) is 2.77. The highest BCUT2D eigenvalue weighted by molar-refractivity contribution is 7.09. The van der Waals surface area contributed by atoms with Crippen molar-refractivity contribution in [3.8, 4) is 0 Å². The Bertz CT molecular complexity index is 684. The van der Waals surface area contributed by atoms with Gasteiger partial charge in [-0.25, -0.2) is 9.97 Å². The van der Waals surface area contributed by atoms with Gasteiger partial charge in [-0.1, -0.05) is 6.92 Å². The van der Waals surface area contributed by atoms with Crippen LogP contribution in [0.1, 0.15) is 23.3 Å². The summed E-state index contributed by atoms with van der Waals surface area (Å²) in [5, 5.41) is 16.2. The lowest BCUT2D eigenvalue weighted by molar-refractivity contribution is -0.385. The lowest BCUT2D eigenvalue weighted by Gasteiger charge is -2.04. The lowest BCUT2D eigenvalue weighted by Crippen LogP contribution is -2.16. The number of amides is 1. The third kappa shape index (κ3) is 3.82. The van der Waals surface area contributed by atoms with Crippen LogP contribution in [0.4, 0.5) is 11.5 Å². The molecule has 2 aromatic rings. The molecule has 0 saturated heterocycles. The van der Waals surface area contributed by atoms with E-state index in [1.165, 1.54) is 30.4 Å². The molecule has 0 aliphatic rings. The molecule has 1 amide bonds. The van der Waals surface area contributed by atoms with Gasteiger partial charge in [-0.05, 0) is 19.4 Å². The fraction of sp³-hybridized carbons (Fsp3) is 0.308. The molecule has 0 saturated carbocycles. The Morgan fingerprint density at radius 3 is 2.76 bits per heavy atom. The van der Waals surface area contributed by atoms with Crippen LogP contribution in [0, 0.1) is 17.0 Å². The Kier molecular flexibility index (Phi) is 4.59. The van der Waals surface area contributed by atoms with Gasteiger partial charge in [0.2, 0.25) is 5.91 Å². The minimum Gasteiger partial charge on any atom is -0.310 e. The quantitative estimate of drug-likeness (QED) is 0.676. The summed E-state index contributed by atoms with van der Waals surface area (Å²) >= 11 is 1.52. The molecule has 0 spiro atoms. The van der Waals surface area contributed by atoms with Crippen molar-refractivity contribution in [3.05, 3.63) is 44.0 Å². The summed E-state index contributed by atoms with van der Waals surface area (Å²) in [5.41, 5.74) is 0.910. The van der Waals surface area contributed by atoms with Crippen LogP contribution in [-0.4, -0.2) is 20.8 Å². The number of rotatable bonds is 5. The van der Waals surface area contributed by atoms with Crippen LogP contribution >= 0.6 is 11.3 Å². The molecular formula is C13H14N4O3S. The van der Waals surface area contributed by atoms with Crippen LogP contribution in [-0.2, 0) is 17.6 Å². The van der Waals surface area contributed by atoms with Crippen molar-refractivity contribution in [3.63, 3.8) is 0 Å². The minimum absolute atomic E-state index is 0.0694. The van der Waals surface area contributed by atoms with Crippen molar-refractivity contribution < 1.29 is 9.72 Å². The van der Waals surface area contributed by atoms with Crippen LogP contribution in [0.15, 0.2) is 17.5 Å². The van der Waals surface area contributed by atoms with Crippen molar-refractivity contribution in [1.82, 2.24) is 9.97 Å². The fourth-order valence-corrected chi connectivity index (χ4v) is 2.51. The summed E-state index contributed by atoms with van der Waals surface area (Å²) in [6, 6.07) is 2.75. The number of hydrogen-bond acceptors (Lipinski definition) is 6. The molecule has 7 nitrogen and oxygen atoms in total. The molecule has 2 heterocycles. The molecule has 110 valence electrons. The molecule has 2 rings (SSSR count). The first-order chi connectivity index (χ1) is 9.99. The number of aromatic nitrogens is 2. The lowest BCUT2D eigenvalue weighted by atomic mass is 10.3. The van der Waals surface area contributed by atoms with E-state index in [0.717, 1.165) is 11.4 Å². The molecule has 1 N–H and O–H groups in total. The molecule has 2 aromatic heterocycles. The average molecular weight is 306 g/mol. The second-order valence-electron chi connectivity index (χ2n) is 4.37. The SMILES string of the molecule is CCc1nc(CC(=O)Nc2ccc([N+](=O)[O-])c(C)n2)cs1. The molecule has 21 heavy (non-hydrogen) atoms. The number of carbonyl (C=O) groups excluding carboxylic acids is 1. The topological polar surface area (TPSA) is 98.0 Å². The normalized spacial score (nSPS) is 10.4. The Labute approximate surface area is 125 Å². The van der Waals surface area contributed by atoms with Gasteiger partial charge in [-0.15, -0.1) is 11.3 Å². The number of nitro groups is 1. The zero-order valence-electron chi connectivity index (χ0n) is 11.6. The van der Waals surface area contributed by atoms with Crippen molar-refractivity contribution in [2.24, 2.45) is 0 Å². The number of anilines is 1. The zero-order valence-corrected chi connectivity index (χ0v) is 12.4. The molecule has 0 aliphatic heterocycles. The number of nitrogens with one attached hydrogen (secondary N) is 1.